The van der Waals surface area contributed by atoms with Crippen LogP contribution in [0.2, 0.25) is 0 Å². The van der Waals surface area contributed by atoms with Gasteiger partial charge in [-0.2, -0.15) is 17.4 Å². The molecule has 19 heavy (non-hydrogen) atoms. The molecular weight excluding hydrogens is 262 g/mol. The molecule has 0 bridgehead atoms. The second-order valence-electron chi connectivity index (χ2n) is 5.20. The van der Waals surface area contributed by atoms with Gasteiger partial charge in [0.1, 0.15) is 0 Å². The summed E-state index contributed by atoms with van der Waals surface area (Å²) in [4.78, 5) is 4.18. The van der Waals surface area contributed by atoms with Gasteiger partial charge in [-0.15, -0.1) is 0 Å². The van der Waals surface area contributed by atoms with Crippen LogP contribution >= 0.6 is 0 Å². The van der Waals surface area contributed by atoms with Crippen molar-refractivity contribution in [1.82, 2.24) is 14.0 Å². The maximum atomic E-state index is 12.3. The summed E-state index contributed by atoms with van der Waals surface area (Å²) in [5.41, 5.74) is 0.733. The van der Waals surface area contributed by atoms with Crippen molar-refractivity contribution in [3.63, 3.8) is 0 Å². The van der Waals surface area contributed by atoms with E-state index < -0.39 is 10.2 Å². The van der Waals surface area contributed by atoms with Crippen LogP contribution < -0.4 is 4.72 Å². The van der Waals surface area contributed by atoms with Crippen LogP contribution in [0.3, 0.4) is 0 Å². The van der Waals surface area contributed by atoms with E-state index in [1.807, 2.05) is 25.1 Å². The molecule has 0 spiro atoms. The molecule has 106 valence electrons. The molecule has 1 aliphatic rings. The monoisotopic (exact) mass is 283 g/mol. The fourth-order valence-electron chi connectivity index (χ4n) is 2.36. The van der Waals surface area contributed by atoms with Crippen molar-refractivity contribution in [2.75, 3.05) is 13.1 Å². The number of rotatable bonds is 4. The molecule has 0 aliphatic carbocycles. The molecule has 2 heterocycles. The molecule has 0 amide bonds. The Bertz CT molecular complexity index is 504. The summed E-state index contributed by atoms with van der Waals surface area (Å²) in [6.07, 6.45) is 3.70. The Hall–Kier alpha value is -0.980. The predicted molar refractivity (Wildman–Crippen MR) is 74.7 cm³/mol. The summed E-state index contributed by atoms with van der Waals surface area (Å²) in [5, 5.41) is 0. The smallest absolute Gasteiger partial charge is 0.260 e. The lowest BCUT2D eigenvalue weighted by atomic mass is 10.0. The van der Waals surface area contributed by atoms with Crippen LogP contribution in [0.15, 0.2) is 24.4 Å². The second kappa shape index (κ2) is 5.98. The molecule has 1 saturated heterocycles. The largest absolute Gasteiger partial charge is 0.280 e. The molecule has 1 aromatic heterocycles. The Morgan fingerprint density at radius 2 is 2.26 bits per heavy atom. The molecule has 5 nitrogen and oxygen atoms in total. The minimum atomic E-state index is -3.42. The second-order valence-corrected chi connectivity index (χ2v) is 6.91. The standard InChI is InChI=1S/C13H21N3O2S/c1-11-6-5-9-16(10-11)19(17,18)15-12(2)13-7-3-4-8-14-13/h3-4,7-8,11-12,15H,5-6,9-10H2,1-2H3/t11-,12-/m1/s1. The maximum Gasteiger partial charge on any atom is 0.280 e. The number of nitrogens with zero attached hydrogens (tertiary/aromatic N) is 2. The van der Waals surface area contributed by atoms with Gasteiger partial charge in [-0.1, -0.05) is 13.0 Å². The Balaban J connectivity index is 2.04. The highest BCUT2D eigenvalue weighted by Gasteiger charge is 2.28. The van der Waals surface area contributed by atoms with Gasteiger partial charge in [-0.05, 0) is 37.8 Å². The van der Waals surface area contributed by atoms with Crippen LogP contribution in [0.4, 0.5) is 0 Å². The van der Waals surface area contributed by atoms with Crippen LogP contribution in [0.5, 0.6) is 0 Å². The highest BCUT2D eigenvalue weighted by atomic mass is 32.2. The summed E-state index contributed by atoms with van der Waals surface area (Å²) in [7, 11) is -3.42. The lowest BCUT2D eigenvalue weighted by molar-refractivity contribution is 0.277. The maximum absolute atomic E-state index is 12.3. The van der Waals surface area contributed by atoms with Gasteiger partial charge in [0.25, 0.3) is 10.2 Å². The zero-order chi connectivity index (χ0) is 13.9. The van der Waals surface area contributed by atoms with Crippen molar-refractivity contribution >= 4 is 10.2 Å². The van der Waals surface area contributed by atoms with Gasteiger partial charge in [-0.25, -0.2) is 0 Å². The van der Waals surface area contributed by atoms with Crippen LogP contribution in [-0.2, 0) is 10.2 Å². The first-order valence-corrected chi connectivity index (χ1v) is 8.11. The number of aromatic nitrogens is 1. The van der Waals surface area contributed by atoms with E-state index in [2.05, 4.69) is 16.6 Å². The lowest BCUT2D eigenvalue weighted by Crippen LogP contribution is -2.46. The van der Waals surface area contributed by atoms with Gasteiger partial charge in [0.15, 0.2) is 0 Å². The molecule has 6 heteroatoms. The van der Waals surface area contributed by atoms with Crippen molar-refractivity contribution < 1.29 is 8.42 Å². The number of hydrogen-bond donors (Lipinski definition) is 1. The molecule has 0 unspecified atom stereocenters. The van der Waals surface area contributed by atoms with Crippen molar-refractivity contribution in [2.45, 2.75) is 32.7 Å². The van der Waals surface area contributed by atoms with Gasteiger partial charge >= 0.3 is 0 Å². The quantitative estimate of drug-likeness (QED) is 0.915. The Morgan fingerprint density at radius 1 is 1.47 bits per heavy atom. The SMILES string of the molecule is C[C@@H]1CCCN(S(=O)(=O)N[C@H](C)c2ccccn2)C1. The summed E-state index contributed by atoms with van der Waals surface area (Å²) in [6, 6.07) is 5.18. The lowest BCUT2D eigenvalue weighted by Gasteiger charge is -2.31. The fraction of sp³-hybridized carbons (Fsp3) is 0.615. The van der Waals surface area contributed by atoms with Crippen molar-refractivity contribution in [3.05, 3.63) is 30.1 Å². The van der Waals surface area contributed by atoms with E-state index in [-0.39, 0.29) is 6.04 Å². The fourth-order valence-corrected chi connectivity index (χ4v) is 3.89. The normalized spacial score (nSPS) is 23.2. The van der Waals surface area contributed by atoms with Gasteiger partial charge in [0.05, 0.1) is 11.7 Å². The molecule has 1 aromatic rings. The zero-order valence-electron chi connectivity index (χ0n) is 11.4. The van der Waals surface area contributed by atoms with E-state index in [9.17, 15) is 8.42 Å². The van der Waals surface area contributed by atoms with Crippen molar-refractivity contribution in [3.8, 4) is 0 Å². The van der Waals surface area contributed by atoms with Gasteiger partial charge in [0, 0.05) is 19.3 Å². The van der Waals surface area contributed by atoms with Gasteiger partial charge < -0.3 is 0 Å². The van der Waals surface area contributed by atoms with Crippen LogP contribution in [0.25, 0.3) is 0 Å². The van der Waals surface area contributed by atoms with E-state index >= 15 is 0 Å². The van der Waals surface area contributed by atoms with E-state index in [4.69, 9.17) is 0 Å². The summed E-state index contributed by atoms with van der Waals surface area (Å²) in [6.45, 7) is 5.11. The molecule has 1 N–H and O–H groups in total. The van der Waals surface area contributed by atoms with Crippen LogP contribution in [0.1, 0.15) is 38.4 Å². The zero-order valence-corrected chi connectivity index (χ0v) is 12.2. The average Bonchev–Trinajstić information content (AvgIpc) is 2.39. The Morgan fingerprint density at radius 3 is 2.89 bits per heavy atom. The van der Waals surface area contributed by atoms with E-state index in [1.165, 1.54) is 0 Å². The number of hydrogen-bond acceptors (Lipinski definition) is 3. The first-order valence-electron chi connectivity index (χ1n) is 6.67. The summed E-state index contributed by atoms with van der Waals surface area (Å²) >= 11 is 0. The Labute approximate surface area is 115 Å². The molecule has 0 radical (unpaired) electrons. The number of pyridine rings is 1. The van der Waals surface area contributed by atoms with Gasteiger partial charge in [-0.3, -0.25) is 4.98 Å². The third-order valence-electron chi connectivity index (χ3n) is 3.42. The Kier molecular flexibility index (Phi) is 4.54. The minimum Gasteiger partial charge on any atom is -0.260 e. The summed E-state index contributed by atoms with van der Waals surface area (Å²) < 4.78 is 28.8. The minimum absolute atomic E-state index is 0.316. The van der Waals surface area contributed by atoms with Crippen molar-refractivity contribution in [2.24, 2.45) is 5.92 Å². The van der Waals surface area contributed by atoms with E-state index in [0.717, 1.165) is 18.5 Å². The van der Waals surface area contributed by atoms with E-state index in [0.29, 0.717) is 19.0 Å². The molecule has 0 saturated carbocycles. The summed E-state index contributed by atoms with van der Waals surface area (Å²) in [5.74, 6) is 0.426. The number of nitrogens with one attached hydrogen (secondary N) is 1. The first-order chi connectivity index (χ1) is 8.99. The molecule has 1 aliphatic heterocycles. The average molecular weight is 283 g/mol. The van der Waals surface area contributed by atoms with Crippen LogP contribution in [-0.4, -0.2) is 30.8 Å². The van der Waals surface area contributed by atoms with E-state index in [1.54, 1.807) is 10.5 Å². The van der Waals surface area contributed by atoms with Gasteiger partial charge in [0.2, 0.25) is 0 Å². The molecule has 1 fully saturated rings. The molecule has 2 rings (SSSR count). The highest BCUT2D eigenvalue weighted by molar-refractivity contribution is 7.87. The molecule has 2 atom stereocenters. The van der Waals surface area contributed by atoms with Crippen LogP contribution in [0, 0.1) is 5.92 Å². The van der Waals surface area contributed by atoms with Crippen molar-refractivity contribution in [1.29, 1.82) is 0 Å². The number of piperidine rings is 1. The topological polar surface area (TPSA) is 62.3 Å². The first kappa shape index (κ1) is 14.4. The molecular formula is C13H21N3O2S. The predicted octanol–water partition coefficient (Wildman–Crippen LogP) is 1.71. The third-order valence-corrected chi connectivity index (χ3v) is 5.08. The third kappa shape index (κ3) is 3.75. The molecule has 0 aromatic carbocycles. The highest BCUT2D eigenvalue weighted by Crippen LogP contribution is 2.19.